The molecule has 1 unspecified atom stereocenters. The van der Waals surface area contributed by atoms with Crippen molar-refractivity contribution in [2.24, 2.45) is 0 Å². The molecule has 0 saturated heterocycles. The van der Waals surface area contributed by atoms with Gasteiger partial charge < -0.3 is 0 Å². The fourth-order valence-corrected chi connectivity index (χ4v) is 4.82. The zero-order chi connectivity index (χ0) is 14.1. The summed E-state index contributed by atoms with van der Waals surface area (Å²) in [6.45, 7) is 0. The number of rotatable bonds is 4. The lowest BCUT2D eigenvalue weighted by atomic mass is 10.3. The summed E-state index contributed by atoms with van der Waals surface area (Å²) in [5.41, 5.74) is 0.725. The Morgan fingerprint density at radius 1 is 1.42 bits per heavy atom. The number of aromatic nitrogens is 1. The Bertz CT molecular complexity index is 588. The first-order valence-corrected chi connectivity index (χ1v) is 8.22. The van der Waals surface area contributed by atoms with Crippen LogP contribution in [0.1, 0.15) is 5.69 Å². The summed E-state index contributed by atoms with van der Waals surface area (Å²) in [7, 11) is -1.22. The van der Waals surface area contributed by atoms with Gasteiger partial charge in [-0.25, -0.2) is 4.18 Å². The molecule has 9 heteroatoms. The molecule has 0 radical (unpaired) electrons. The molecule has 1 aliphatic heterocycles. The lowest BCUT2D eigenvalue weighted by Crippen LogP contribution is -2.40. The maximum atomic E-state index is 11.0. The highest BCUT2D eigenvalue weighted by atomic mass is 32.3. The second kappa shape index (κ2) is 5.43. The van der Waals surface area contributed by atoms with Crippen LogP contribution in [-0.4, -0.2) is 41.3 Å². The third kappa shape index (κ3) is 3.50. The molecule has 0 bridgehead atoms. The van der Waals surface area contributed by atoms with E-state index in [0.717, 1.165) is 22.4 Å². The van der Waals surface area contributed by atoms with Crippen LogP contribution in [0.5, 0.6) is 0 Å². The van der Waals surface area contributed by atoms with Gasteiger partial charge in [0.15, 0.2) is 0 Å². The smallest absolute Gasteiger partial charge is 0.263 e. The first kappa shape index (κ1) is 14.8. The largest absolute Gasteiger partial charge is 0.400 e. The molecule has 1 aliphatic rings. The van der Waals surface area contributed by atoms with Crippen molar-refractivity contribution in [2.75, 3.05) is 14.1 Å². The van der Waals surface area contributed by atoms with E-state index in [0.29, 0.717) is 0 Å². The van der Waals surface area contributed by atoms with Gasteiger partial charge in [0.25, 0.3) is 0 Å². The molecule has 0 amide bonds. The average molecular weight is 320 g/mol. The summed E-state index contributed by atoms with van der Waals surface area (Å²) in [5.74, 6) is 0. The molecule has 0 aliphatic carbocycles. The summed E-state index contributed by atoms with van der Waals surface area (Å²) < 4.78 is 34.4. The van der Waals surface area contributed by atoms with Crippen LogP contribution in [0, 0.1) is 0 Å². The minimum Gasteiger partial charge on any atom is -0.263 e. The Morgan fingerprint density at radius 3 is 2.68 bits per heavy atom. The van der Waals surface area contributed by atoms with Crippen LogP contribution in [-0.2, 0) is 14.6 Å². The molecular weight excluding hydrogens is 308 g/mol. The van der Waals surface area contributed by atoms with Crippen molar-refractivity contribution in [1.29, 1.82) is 0 Å². The molecule has 1 atom stereocenters. The van der Waals surface area contributed by atoms with Gasteiger partial charge in [0, 0.05) is 11.1 Å². The monoisotopic (exact) mass is 320 g/mol. The van der Waals surface area contributed by atoms with Crippen LogP contribution in [0.3, 0.4) is 0 Å². The first-order chi connectivity index (χ1) is 8.82. The van der Waals surface area contributed by atoms with Gasteiger partial charge in [0.1, 0.15) is 0 Å². The predicted molar refractivity (Wildman–Crippen MR) is 76.4 cm³/mol. The number of hydrogen-bond acceptors (Lipinski definition) is 7. The van der Waals surface area contributed by atoms with Crippen LogP contribution in [0.15, 0.2) is 29.8 Å². The molecule has 19 heavy (non-hydrogen) atoms. The van der Waals surface area contributed by atoms with Crippen molar-refractivity contribution in [3.05, 3.63) is 35.5 Å². The normalized spacial score (nSPS) is 23.7. The molecule has 1 N–H and O–H groups in total. The van der Waals surface area contributed by atoms with Crippen LogP contribution >= 0.6 is 23.5 Å². The van der Waals surface area contributed by atoms with Crippen molar-refractivity contribution < 1.29 is 17.2 Å². The molecule has 0 fully saturated rings. The van der Waals surface area contributed by atoms with Gasteiger partial charge in [-0.05, 0) is 31.6 Å². The SMILES string of the molecule is CN(C)C1(OS(=O)(=O)O)SC=C(c2ccccn2)S1. The van der Waals surface area contributed by atoms with Crippen molar-refractivity contribution >= 4 is 38.8 Å². The fourth-order valence-electron chi connectivity index (χ4n) is 1.38. The van der Waals surface area contributed by atoms with E-state index in [1.165, 1.54) is 11.8 Å². The number of hydrogen-bond donors (Lipinski definition) is 1. The Labute approximate surface area is 120 Å². The van der Waals surface area contributed by atoms with Crippen LogP contribution in [0.25, 0.3) is 4.91 Å². The summed E-state index contributed by atoms with van der Waals surface area (Å²) in [6.07, 6.45) is 1.65. The minimum atomic E-state index is -4.55. The third-order valence-corrected chi connectivity index (χ3v) is 5.93. The lowest BCUT2D eigenvalue weighted by molar-refractivity contribution is 0.106. The van der Waals surface area contributed by atoms with E-state index in [1.807, 2.05) is 12.1 Å². The molecule has 0 spiro atoms. The van der Waals surface area contributed by atoms with Crippen molar-refractivity contribution in [3.8, 4) is 0 Å². The highest BCUT2D eigenvalue weighted by Gasteiger charge is 2.45. The molecular formula is C10H12N2O4S3. The highest BCUT2D eigenvalue weighted by molar-refractivity contribution is 8.27. The van der Waals surface area contributed by atoms with E-state index in [2.05, 4.69) is 4.98 Å². The molecule has 0 saturated carbocycles. The summed E-state index contributed by atoms with van der Waals surface area (Å²) in [5, 5.41) is 1.76. The van der Waals surface area contributed by atoms with Gasteiger partial charge in [0.05, 0.1) is 5.69 Å². The van der Waals surface area contributed by atoms with Crippen LogP contribution in [0.2, 0.25) is 0 Å². The Balaban J connectivity index is 2.25. The van der Waals surface area contributed by atoms with Crippen LogP contribution < -0.4 is 0 Å². The first-order valence-electron chi connectivity index (χ1n) is 5.16. The van der Waals surface area contributed by atoms with E-state index in [9.17, 15) is 8.42 Å². The third-order valence-electron chi connectivity index (χ3n) is 2.23. The Morgan fingerprint density at radius 2 is 2.16 bits per heavy atom. The quantitative estimate of drug-likeness (QED) is 0.665. The molecule has 2 heterocycles. The molecule has 6 nitrogen and oxygen atoms in total. The second-order valence-corrected chi connectivity index (χ2v) is 7.35. The van der Waals surface area contributed by atoms with Gasteiger partial charge >= 0.3 is 10.4 Å². The van der Waals surface area contributed by atoms with Gasteiger partial charge in [-0.3, -0.25) is 14.4 Å². The standard InChI is InChI=1S/C10H12N2O4S3/c1-12(2)10(16-19(13,14)15)17-7-9(18-10)8-5-3-4-6-11-8/h3-7H,1-2H3,(H,13,14,15). The molecule has 2 rings (SSSR count). The topological polar surface area (TPSA) is 79.7 Å². The maximum Gasteiger partial charge on any atom is 0.400 e. The van der Waals surface area contributed by atoms with Crippen LogP contribution in [0.4, 0.5) is 0 Å². The Hall–Kier alpha value is -0.580. The fraction of sp³-hybridized carbons (Fsp3) is 0.300. The number of thioether (sulfide) groups is 2. The molecule has 1 aromatic heterocycles. The molecule has 0 aromatic carbocycles. The van der Waals surface area contributed by atoms with Gasteiger partial charge in [0.2, 0.25) is 4.39 Å². The zero-order valence-electron chi connectivity index (χ0n) is 10.2. The minimum absolute atomic E-state index is 0.725. The summed E-state index contributed by atoms with van der Waals surface area (Å²) >= 11 is 2.33. The van der Waals surface area contributed by atoms with Crippen molar-refractivity contribution in [1.82, 2.24) is 9.88 Å². The second-order valence-electron chi connectivity index (χ2n) is 3.85. The predicted octanol–water partition coefficient (Wildman–Crippen LogP) is 1.85. The summed E-state index contributed by atoms with van der Waals surface area (Å²) in [6, 6.07) is 5.46. The zero-order valence-corrected chi connectivity index (χ0v) is 12.6. The van der Waals surface area contributed by atoms with E-state index < -0.39 is 14.8 Å². The van der Waals surface area contributed by atoms with Gasteiger partial charge in [-0.1, -0.05) is 29.6 Å². The number of pyridine rings is 1. The van der Waals surface area contributed by atoms with Crippen molar-refractivity contribution in [2.45, 2.75) is 4.39 Å². The highest BCUT2D eigenvalue weighted by Crippen LogP contribution is 2.55. The maximum absolute atomic E-state index is 11.0. The Kier molecular flexibility index (Phi) is 4.23. The van der Waals surface area contributed by atoms with E-state index in [-0.39, 0.29) is 0 Å². The van der Waals surface area contributed by atoms with Gasteiger partial charge in [-0.15, -0.1) is 0 Å². The molecule has 104 valence electrons. The lowest BCUT2D eigenvalue weighted by Gasteiger charge is -2.31. The van der Waals surface area contributed by atoms with E-state index >= 15 is 0 Å². The summed E-state index contributed by atoms with van der Waals surface area (Å²) in [4.78, 5) is 6.55. The van der Waals surface area contributed by atoms with E-state index in [1.54, 1.807) is 36.7 Å². The molecule has 1 aromatic rings. The number of nitrogens with zero attached hydrogens (tertiary/aromatic N) is 2. The average Bonchev–Trinajstić information content (AvgIpc) is 2.73. The van der Waals surface area contributed by atoms with E-state index in [4.69, 9.17) is 8.74 Å². The van der Waals surface area contributed by atoms with Gasteiger partial charge in [-0.2, -0.15) is 8.42 Å². The van der Waals surface area contributed by atoms with Crippen molar-refractivity contribution in [3.63, 3.8) is 0 Å².